The van der Waals surface area contributed by atoms with Gasteiger partial charge in [-0.15, -0.1) is 0 Å². The van der Waals surface area contributed by atoms with Crippen LogP contribution in [-0.4, -0.2) is 5.71 Å². The first-order valence-electron chi connectivity index (χ1n) is 4.03. The highest BCUT2D eigenvalue weighted by Gasteiger charge is 1.84. The molecule has 0 spiro atoms. The minimum atomic E-state index is 1.07. The van der Waals surface area contributed by atoms with E-state index < -0.39 is 0 Å². The van der Waals surface area contributed by atoms with Gasteiger partial charge in [0.05, 0.1) is 0 Å². The highest BCUT2D eigenvalue weighted by Crippen LogP contribution is 1.98. The molecule has 0 aromatic heterocycles. The third kappa shape index (κ3) is 5.59. The fourth-order valence-corrected chi connectivity index (χ4v) is 0.688. The molecule has 0 bridgehead atoms. The van der Waals surface area contributed by atoms with Gasteiger partial charge in [0.2, 0.25) is 0 Å². The fraction of sp³-hybridized carbons (Fsp3) is 0.500. The second-order valence-electron chi connectivity index (χ2n) is 2.60. The number of nitrogens with zero attached hydrogens (tertiary/aromatic N) is 1. The maximum absolute atomic E-state index is 4.19. The standard InChI is InChI=1S/C10H17N/c1-5-7-11-10(4)8-9(3)6-2/h5,7-8H,6H2,1-4H3/b7-5-,9-8+,11-10+. The Morgan fingerprint density at radius 2 is 2.00 bits per heavy atom. The normalized spacial score (nSPS) is 14.5. The van der Waals surface area contributed by atoms with Gasteiger partial charge in [0.1, 0.15) is 0 Å². The van der Waals surface area contributed by atoms with Crippen LogP contribution in [0, 0.1) is 0 Å². The molecule has 0 aliphatic carbocycles. The molecule has 0 rings (SSSR count). The molecule has 0 unspecified atom stereocenters. The number of hydrogen-bond donors (Lipinski definition) is 0. The lowest BCUT2D eigenvalue weighted by atomic mass is 10.2. The molecular weight excluding hydrogens is 134 g/mol. The summed E-state index contributed by atoms with van der Waals surface area (Å²) in [5.74, 6) is 0. The summed E-state index contributed by atoms with van der Waals surface area (Å²) in [6.07, 6.45) is 6.95. The maximum Gasteiger partial charge on any atom is 0.0371 e. The Kier molecular flexibility index (Phi) is 5.44. The first kappa shape index (κ1) is 10.2. The zero-order valence-corrected chi connectivity index (χ0v) is 7.89. The summed E-state index contributed by atoms with van der Waals surface area (Å²) in [6, 6.07) is 0. The molecule has 0 saturated heterocycles. The van der Waals surface area contributed by atoms with Gasteiger partial charge in [0.15, 0.2) is 0 Å². The Morgan fingerprint density at radius 3 is 2.45 bits per heavy atom. The summed E-state index contributed by atoms with van der Waals surface area (Å²) in [5, 5.41) is 0. The predicted molar refractivity (Wildman–Crippen MR) is 52.0 cm³/mol. The third-order valence-corrected chi connectivity index (χ3v) is 1.44. The lowest BCUT2D eigenvalue weighted by Gasteiger charge is -1.93. The van der Waals surface area contributed by atoms with Crippen molar-refractivity contribution in [1.82, 2.24) is 0 Å². The molecule has 0 aromatic carbocycles. The summed E-state index contributed by atoms with van der Waals surface area (Å²) < 4.78 is 0. The Morgan fingerprint density at radius 1 is 1.36 bits per heavy atom. The van der Waals surface area contributed by atoms with Crippen molar-refractivity contribution in [3.05, 3.63) is 23.9 Å². The fourth-order valence-electron chi connectivity index (χ4n) is 0.688. The van der Waals surface area contributed by atoms with E-state index in [0.29, 0.717) is 0 Å². The molecule has 0 N–H and O–H groups in total. The van der Waals surface area contributed by atoms with Crippen molar-refractivity contribution in [2.75, 3.05) is 0 Å². The lowest BCUT2D eigenvalue weighted by molar-refractivity contribution is 1.10. The molecule has 0 amide bonds. The molecule has 0 aromatic rings. The average Bonchev–Trinajstić information content (AvgIpc) is 2.00. The van der Waals surface area contributed by atoms with Gasteiger partial charge in [-0.3, -0.25) is 4.99 Å². The second kappa shape index (κ2) is 5.90. The van der Waals surface area contributed by atoms with Gasteiger partial charge in [-0.25, -0.2) is 0 Å². The number of hydrogen-bond acceptors (Lipinski definition) is 1. The van der Waals surface area contributed by atoms with E-state index in [1.807, 2.05) is 26.1 Å². The number of allylic oxidation sites excluding steroid dienone is 3. The predicted octanol–water partition coefficient (Wildman–Crippen LogP) is 3.34. The Hall–Kier alpha value is -0.850. The van der Waals surface area contributed by atoms with E-state index in [-0.39, 0.29) is 0 Å². The van der Waals surface area contributed by atoms with Crippen molar-refractivity contribution in [2.45, 2.75) is 34.1 Å². The lowest BCUT2D eigenvalue weighted by Crippen LogP contribution is -1.85. The van der Waals surface area contributed by atoms with Crippen LogP contribution in [0.4, 0.5) is 0 Å². The van der Waals surface area contributed by atoms with Crippen LogP contribution in [-0.2, 0) is 0 Å². The molecule has 62 valence electrons. The van der Waals surface area contributed by atoms with Crippen LogP contribution in [0.15, 0.2) is 28.9 Å². The monoisotopic (exact) mass is 151 g/mol. The van der Waals surface area contributed by atoms with Gasteiger partial charge in [-0.1, -0.05) is 18.6 Å². The minimum absolute atomic E-state index is 1.07. The Bertz CT molecular complexity index is 185. The van der Waals surface area contributed by atoms with Gasteiger partial charge in [-0.05, 0) is 33.3 Å². The number of rotatable bonds is 3. The summed E-state index contributed by atoms with van der Waals surface area (Å²) in [7, 11) is 0. The van der Waals surface area contributed by atoms with Crippen molar-refractivity contribution < 1.29 is 0 Å². The largest absolute Gasteiger partial charge is 0.262 e. The zero-order chi connectivity index (χ0) is 8.69. The topological polar surface area (TPSA) is 12.4 Å². The highest BCUT2D eigenvalue weighted by molar-refractivity contribution is 5.93. The average molecular weight is 151 g/mol. The molecular formula is C10H17N. The summed E-state index contributed by atoms with van der Waals surface area (Å²) in [4.78, 5) is 4.19. The molecule has 0 atom stereocenters. The molecule has 0 aliphatic heterocycles. The highest BCUT2D eigenvalue weighted by atomic mass is 14.7. The van der Waals surface area contributed by atoms with Crippen molar-refractivity contribution in [3.8, 4) is 0 Å². The van der Waals surface area contributed by atoms with E-state index in [4.69, 9.17) is 0 Å². The van der Waals surface area contributed by atoms with E-state index >= 15 is 0 Å². The molecule has 0 aliphatic rings. The van der Waals surface area contributed by atoms with Gasteiger partial charge < -0.3 is 0 Å². The van der Waals surface area contributed by atoms with Crippen LogP contribution in [0.5, 0.6) is 0 Å². The van der Waals surface area contributed by atoms with Gasteiger partial charge in [-0.2, -0.15) is 0 Å². The first-order chi connectivity index (χ1) is 5.20. The van der Waals surface area contributed by atoms with E-state index in [0.717, 1.165) is 12.1 Å². The van der Waals surface area contributed by atoms with Crippen molar-refractivity contribution in [1.29, 1.82) is 0 Å². The van der Waals surface area contributed by atoms with E-state index in [9.17, 15) is 0 Å². The minimum Gasteiger partial charge on any atom is -0.262 e. The molecule has 0 fully saturated rings. The van der Waals surface area contributed by atoms with Gasteiger partial charge in [0, 0.05) is 11.9 Å². The van der Waals surface area contributed by atoms with E-state index in [2.05, 4.69) is 24.9 Å². The quantitative estimate of drug-likeness (QED) is 0.548. The SMILES string of the molecule is C\C=C/N=C(C)/C=C(\C)CC. The molecule has 1 heteroatoms. The van der Waals surface area contributed by atoms with Crippen LogP contribution < -0.4 is 0 Å². The van der Waals surface area contributed by atoms with Crippen LogP contribution >= 0.6 is 0 Å². The van der Waals surface area contributed by atoms with Crippen LogP contribution in [0.1, 0.15) is 34.1 Å². The summed E-state index contributed by atoms with van der Waals surface area (Å²) in [6.45, 7) is 8.25. The molecule has 1 nitrogen and oxygen atoms in total. The molecule has 0 radical (unpaired) electrons. The smallest absolute Gasteiger partial charge is 0.0371 e. The van der Waals surface area contributed by atoms with Gasteiger partial charge >= 0.3 is 0 Å². The Labute approximate surface area is 69.5 Å². The zero-order valence-electron chi connectivity index (χ0n) is 7.89. The van der Waals surface area contributed by atoms with Crippen molar-refractivity contribution >= 4 is 5.71 Å². The second-order valence-corrected chi connectivity index (χ2v) is 2.60. The number of aliphatic imine (C=N–C) groups is 1. The van der Waals surface area contributed by atoms with Crippen LogP contribution in [0.25, 0.3) is 0 Å². The van der Waals surface area contributed by atoms with Crippen LogP contribution in [0.3, 0.4) is 0 Å². The van der Waals surface area contributed by atoms with Crippen molar-refractivity contribution in [2.24, 2.45) is 4.99 Å². The Balaban J connectivity index is 4.14. The molecule has 0 heterocycles. The van der Waals surface area contributed by atoms with Crippen LogP contribution in [0.2, 0.25) is 0 Å². The van der Waals surface area contributed by atoms with Crippen molar-refractivity contribution in [3.63, 3.8) is 0 Å². The van der Waals surface area contributed by atoms with Gasteiger partial charge in [0.25, 0.3) is 0 Å². The van der Waals surface area contributed by atoms with E-state index in [1.165, 1.54) is 5.57 Å². The maximum atomic E-state index is 4.19. The van der Waals surface area contributed by atoms with E-state index in [1.54, 1.807) is 0 Å². The third-order valence-electron chi connectivity index (χ3n) is 1.44. The molecule has 0 saturated carbocycles. The first-order valence-corrected chi connectivity index (χ1v) is 4.03. The summed E-state index contributed by atoms with van der Waals surface area (Å²) >= 11 is 0. The molecule has 11 heavy (non-hydrogen) atoms. The summed E-state index contributed by atoms with van der Waals surface area (Å²) in [5.41, 5.74) is 2.44.